The summed E-state index contributed by atoms with van der Waals surface area (Å²) >= 11 is 1.87. The number of ketones is 1. The number of benzene rings is 1. The molecule has 0 saturated carbocycles. The molecule has 1 aliphatic carbocycles. The summed E-state index contributed by atoms with van der Waals surface area (Å²) in [5, 5.41) is 11.4. The Bertz CT molecular complexity index is 896. The standard InChI is InChI=1S/C17H15N3O2S/c21-14-3-1-2-11-16(14)15(17-12(18-11)6-7-23-17)9-4-5-10-13(8-9)20-22-19-10/h4-5,8,15,18H,1-3,6-7H2/t15-/m0/s1. The number of hydrogen-bond acceptors (Lipinski definition) is 6. The number of aromatic nitrogens is 2. The molecule has 0 bridgehead atoms. The van der Waals surface area contributed by atoms with Gasteiger partial charge in [-0.05, 0) is 47.3 Å². The number of allylic oxidation sites excluding steroid dienone is 4. The molecule has 0 unspecified atom stereocenters. The van der Waals surface area contributed by atoms with Gasteiger partial charge in [-0.2, -0.15) is 0 Å². The second-order valence-corrected chi connectivity index (χ2v) is 7.32. The molecule has 0 amide bonds. The zero-order valence-corrected chi connectivity index (χ0v) is 13.3. The van der Waals surface area contributed by atoms with Gasteiger partial charge in [-0.15, -0.1) is 11.8 Å². The van der Waals surface area contributed by atoms with Gasteiger partial charge in [-0.3, -0.25) is 4.79 Å². The van der Waals surface area contributed by atoms with E-state index in [9.17, 15) is 4.79 Å². The summed E-state index contributed by atoms with van der Waals surface area (Å²) in [5.74, 6) is 1.40. The Hall–Kier alpha value is -2.08. The molecule has 5 rings (SSSR count). The number of dihydropyridines is 1. The molecule has 23 heavy (non-hydrogen) atoms. The minimum atomic E-state index is 0.0441. The van der Waals surface area contributed by atoms with Gasteiger partial charge in [0.1, 0.15) is 11.0 Å². The largest absolute Gasteiger partial charge is 0.361 e. The van der Waals surface area contributed by atoms with E-state index < -0.39 is 0 Å². The molecule has 3 aliphatic rings. The smallest absolute Gasteiger partial charge is 0.161 e. The van der Waals surface area contributed by atoms with Gasteiger partial charge in [-0.1, -0.05) is 6.07 Å². The SMILES string of the molecule is O=C1CCCC2=C1[C@H](c1ccc3nonc3c1)C1=C(CCS1)N2. The first-order chi connectivity index (χ1) is 11.3. The summed E-state index contributed by atoms with van der Waals surface area (Å²) in [4.78, 5) is 13.9. The van der Waals surface area contributed by atoms with Crippen LogP contribution in [0.3, 0.4) is 0 Å². The van der Waals surface area contributed by atoms with Gasteiger partial charge in [-0.25, -0.2) is 4.63 Å². The minimum Gasteiger partial charge on any atom is -0.361 e. The van der Waals surface area contributed by atoms with E-state index in [4.69, 9.17) is 4.63 Å². The lowest BCUT2D eigenvalue weighted by Gasteiger charge is -2.33. The minimum absolute atomic E-state index is 0.0441. The van der Waals surface area contributed by atoms with Crippen LogP contribution in [-0.4, -0.2) is 21.8 Å². The number of thioether (sulfide) groups is 1. The van der Waals surface area contributed by atoms with E-state index in [-0.39, 0.29) is 11.7 Å². The van der Waals surface area contributed by atoms with Crippen LogP contribution in [0.15, 0.2) is 44.7 Å². The second-order valence-electron chi connectivity index (χ2n) is 6.18. The molecular formula is C17H15N3O2S. The van der Waals surface area contributed by atoms with E-state index in [2.05, 4.69) is 21.7 Å². The van der Waals surface area contributed by atoms with Crippen LogP contribution >= 0.6 is 11.8 Å². The molecule has 116 valence electrons. The molecule has 2 aliphatic heterocycles. The lowest BCUT2D eigenvalue weighted by molar-refractivity contribution is -0.116. The number of nitrogens with zero attached hydrogens (tertiary/aromatic N) is 2. The maximum Gasteiger partial charge on any atom is 0.161 e. The summed E-state index contributed by atoms with van der Waals surface area (Å²) in [6.45, 7) is 0. The number of carbonyl (C=O) groups excluding carboxylic acids is 1. The molecule has 0 saturated heterocycles. The number of hydrogen-bond donors (Lipinski definition) is 1. The Kier molecular flexibility index (Phi) is 2.88. The number of Topliss-reactive ketones (excluding diaryl/α,β-unsaturated/α-hetero) is 1. The van der Waals surface area contributed by atoms with E-state index in [0.717, 1.165) is 52.9 Å². The molecule has 1 aromatic heterocycles. The molecular weight excluding hydrogens is 310 g/mol. The normalized spacial score (nSPS) is 24.0. The van der Waals surface area contributed by atoms with Crippen LogP contribution in [0.5, 0.6) is 0 Å². The van der Waals surface area contributed by atoms with Gasteiger partial charge >= 0.3 is 0 Å². The van der Waals surface area contributed by atoms with Crippen LogP contribution in [0.25, 0.3) is 11.0 Å². The van der Waals surface area contributed by atoms with Crippen LogP contribution in [0.2, 0.25) is 0 Å². The Morgan fingerprint density at radius 2 is 2.04 bits per heavy atom. The number of rotatable bonds is 1. The Morgan fingerprint density at radius 1 is 1.13 bits per heavy atom. The average molecular weight is 325 g/mol. The lowest BCUT2D eigenvalue weighted by Crippen LogP contribution is -2.30. The van der Waals surface area contributed by atoms with Crippen molar-refractivity contribution in [2.24, 2.45) is 0 Å². The summed E-state index contributed by atoms with van der Waals surface area (Å²) < 4.78 is 4.81. The van der Waals surface area contributed by atoms with E-state index >= 15 is 0 Å². The van der Waals surface area contributed by atoms with Gasteiger partial charge in [0.25, 0.3) is 0 Å². The first-order valence-electron chi connectivity index (χ1n) is 7.92. The van der Waals surface area contributed by atoms with Crippen molar-refractivity contribution >= 4 is 28.6 Å². The molecule has 0 spiro atoms. The summed E-state index contributed by atoms with van der Waals surface area (Å²) in [5.41, 5.74) is 5.99. The first-order valence-corrected chi connectivity index (χ1v) is 8.91. The van der Waals surface area contributed by atoms with E-state index in [1.54, 1.807) is 0 Å². The maximum absolute atomic E-state index is 12.6. The Morgan fingerprint density at radius 3 is 3.00 bits per heavy atom. The molecule has 6 heteroatoms. The lowest BCUT2D eigenvalue weighted by atomic mass is 9.79. The summed E-state index contributed by atoms with van der Waals surface area (Å²) in [6.07, 6.45) is 3.61. The van der Waals surface area contributed by atoms with E-state index in [0.29, 0.717) is 6.42 Å². The monoisotopic (exact) mass is 325 g/mol. The van der Waals surface area contributed by atoms with E-state index in [1.807, 2.05) is 23.9 Å². The fourth-order valence-electron chi connectivity index (χ4n) is 3.79. The molecule has 5 nitrogen and oxygen atoms in total. The van der Waals surface area contributed by atoms with Gasteiger partial charge in [0, 0.05) is 40.0 Å². The van der Waals surface area contributed by atoms with Crippen LogP contribution in [-0.2, 0) is 4.79 Å². The predicted molar refractivity (Wildman–Crippen MR) is 87.7 cm³/mol. The average Bonchev–Trinajstić information content (AvgIpc) is 3.21. The molecule has 3 heterocycles. The Balaban J connectivity index is 1.70. The van der Waals surface area contributed by atoms with Gasteiger partial charge in [0.15, 0.2) is 5.78 Å². The van der Waals surface area contributed by atoms with Gasteiger partial charge in [0.2, 0.25) is 0 Å². The quantitative estimate of drug-likeness (QED) is 0.868. The maximum atomic E-state index is 12.6. The van der Waals surface area contributed by atoms with Crippen LogP contribution in [0.4, 0.5) is 0 Å². The third-order valence-electron chi connectivity index (χ3n) is 4.83. The third-order valence-corrected chi connectivity index (χ3v) is 6.03. The highest BCUT2D eigenvalue weighted by Crippen LogP contribution is 2.50. The highest BCUT2D eigenvalue weighted by atomic mass is 32.2. The zero-order chi connectivity index (χ0) is 15.4. The Labute approximate surface area is 137 Å². The first kappa shape index (κ1) is 13.4. The topological polar surface area (TPSA) is 68.0 Å². The molecule has 0 radical (unpaired) electrons. The second kappa shape index (κ2) is 4.96. The number of carbonyl (C=O) groups is 1. The van der Waals surface area contributed by atoms with Crippen molar-refractivity contribution in [3.8, 4) is 0 Å². The predicted octanol–water partition coefficient (Wildman–Crippen LogP) is 3.27. The van der Waals surface area contributed by atoms with Gasteiger partial charge < -0.3 is 5.32 Å². The van der Waals surface area contributed by atoms with Crippen molar-refractivity contribution in [1.29, 1.82) is 0 Å². The van der Waals surface area contributed by atoms with E-state index in [1.165, 1.54) is 10.6 Å². The van der Waals surface area contributed by atoms with Crippen LogP contribution in [0, 0.1) is 0 Å². The molecule has 1 N–H and O–H groups in total. The highest BCUT2D eigenvalue weighted by Gasteiger charge is 2.38. The molecule has 1 aromatic carbocycles. The van der Waals surface area contributed by atoms with Crippen LogP contribution in [0.1, 0.15) is 37.2 Å². The van der Waals surface area contributed by atoms with Crippen molar-refractivity contribution in [3.63, 3.8) is 0 Å². The summed E-state index contributed by atoms with van der Waals surface area (Å²) in [6, 6.07) is 5.99. The molecule has 2 aromatic rings. The fraction of sp³-hybridized carbons (Fsp3) is 0.353. The van der Waals surface area contributed by atoms with Crippen molar-refractivity contribution in [1.82, 2.24) is 15.6 Å². The fourth-order valence-corrected chi connectivity index (χ4v) is 5.07. The van der Waals surface area contributed by atoms with Crippen molar-refractivity contribution in [2.45, 2.75) is 31.6 Å². The summed E-state index contributed by atoms with van der Waals surface area (Å²) in [7, 11) is 0. The van der Waals surface area contributed by atoms with Crippen molar-refractivity contribution < 1.29 is 9.42 Å². The third kappa shape index (κ3) is 1.97. The molecule has 1 atom stereocenters. The van der Waals surface area contributed by atoms with Crippen molar-refractivity contribution in [2.75, 3.05) is 5.75 Å². The molecule has 0 fully saturated rings. The zero-order valence-electron chi connectivity index (χ0n) is 12.5. The van der Waals surface area contributed by atoms with Gasteiger partial charge in [0.05, 0.1) is 0 Å². The highest BCUT2D eigenvalue weighted by molar-refractivity contribution is 8.03. The van der Waals surface area contributed by atoms with Crippen LogP contribution < -0.4 is 5.32 Å². The number of fused-ring (bicyclic) bond motifs is 1. The van der Waals surface area contributed by atoms with Crippen molar-refractivity contribution in [3.05, 3.63) is 45.6 Å². The number of nitrogens with one attached hydrogen (secondary N) is 1.